The zero-order valence-corrected chi connectivity index (χ0v) is 11.8. The number of rotatable bonds is 3. The minimum absolute atomic E-state index is 0.218. The molecule has 0 spiro atoms. The molecule has 0 aliphatic rings. The molecule has 0 unspecified atom stereocenters. The van der Waals surface area contributed by atoms with Gasteiger partial charge in [-0.05, 0) is 20.8 Å². The molecule has 0 aliphatic carbocycles. The molecular weight excluding hydrogens is 250 g/mol. The van der Waals surface area contributed by atoms with Gasteiger partial charge in [-0.25, -0.2) is 9.59 Å². The van der Waals surface area contributed by atoms with Crippen molar-refractivity contribution in [1.82, 2.24) is 25.1 Å². The summed E-state index contributed by atoms with van der Waals surface area (Å²) in [5.74, 6) is 0.218. The van der Waals surface area contributed by atoms with Crippen LogP contribution in [-0.4, -0.2) is 33.0 Å². The van der Waals surface area contributed by atoms with Crippen molar-refractivity contribution in [3.8, 4) is 0 Å². The summed E-state index contributed by atoms with van der Waals surface area (Å²) in [5, 5.41) is 6.58. The monoisotopic (exact) mass is 269 g/mol. The lowest BCUT2D eigenvalue weighted by molar-refractivity contribution is 0.136. The number of hydrogen-bond acceptors (Lipinski definition) is 5. The van der Waals surface area contributed by atoms with Gasteiger partial charge in [0.2, 0.25) is 0 Å². The van der Waals surface area contributed by atoms with Crippen LogP contribution in [0, 0.1) is 0 Å². The lowest BCUT2D eigenvalue weighted by Crippen LogP contribution is -2.46. The van der Waals surface area contributed by atoms with Gasteiger partial charge in [0.25, 0.3) is 0 Å². The lowest BCUT2D eigenvalue weighted by Gasteiger charge is -2.19. The van der Waals surface area contributed by atoms with Gasteiger partial charge in [-0.15, -0.1) is 9.78 Å². The van der Waals surface area contributed by atoms with Crippen LogP contribution in [0.25, 0.3) is 5.70 Å². The van der Waals surface area contributed by atoms with E-state index in [4.69, 9.17) is 0 Å². The quantitative estimate of drug-likeness (QED) is 0.757. The lowest BCUT2D eigenvalue weighted by atomic mass is 10.1. The van der Waals surface area contributed by atoms with Crippen molar-refractivity contribution in [1.29, 1.82) is 0 Å². The molecule has 0 atom stereocenters. The van der Waals surface area contributed by atoms with Gasteiger partial charge < -0.3 is 5.32 Å². The van der Waals surface area contributed by atoms with E-state index in [0.717, 1.165) is 4.68 Å². The van der Waals surface area contributed by atoms with Crippen molar-refractivity contribution >= 4 is 11.7 Å². The number of amides is 1. The summed E-state index contributed by atoms with van der Waals surface area (Å²) >= 11 is 0. The minimum atomic E-state index is -0.593. The Hall–Kier alpha value is -2.09. The van der Waals surface area contributed by atoms with Crippen LogP contribution >= 0.6 is 0 Å². The molecule has 1 amide bonds. The average Bonchev–Trinajstić information content (AvgIpc) is 2.54. The molecule has 8 heteroatoms. The average molecular weight is 269 g/mol. The van der Waals surface area contributed by atoms with Gasteiger partial charge in [-0.2, -0.15) is 0 Å². The van der Waals surface area contributed by atoms with Crippen molar-refractivity contribution in [3.05, 3.63) is 22.9 Å². The van der Waals surface area contributed by atoms with Crippen LogP contribution in [0.15, 0.2) is 11.4 Å². The minimum Gasteiger partial charge on any atom is -0.331 e. The Kier molecular flexibility index (Phi) is 4.15. The van der Waals surface area contributed by atoms with E-state index in [9.17, 15) is 9.59 Å². The molecule has 106 valence electrons. The molecule has 0 aliphatic heterocycles. The van der Waals surface area contributed by atoms with Gasteiger partial charge in [-0.3, -0.25) is 14.9 Å². The summed E-state index contributed by atoms with van der Waals surface area (Å²) < 4.78 is 1.96. The molecule has 0 saturated carbocycles. The maximum absolute atomic E-state index is 11.9. The molecule has 0 aromatic carbocycles. The highest BCUT2D eigenvalue weighted by atomic mass is 16.6. The molecule has 1 aromatic heterocycles. The van der Waals surface area contributed by atoms with Crippen LogP contribution in [0.2, 0.25) is 0 Å². The number of nitrogens with one attached hydrogen (secondary N) is 2. The van der Waals surface area contributed by atoms with Crippen molar-refractivity contribution in [2.45, 2.75) is 26.3 Å². The third kappa shape index (κ3) is 3.44. The van der Waals surface area contributed by atoms with Gasteiger partial charge in [-0.1, -0.05) is 6.58 Å². The SMILES string of the molecule is C=C(NOC)c1nn(C(=O)NC(C)(C)C)c(=O)n1C. The summed E-state index contributed by atoms with van der Waals surface area (Å²) in [5.41, 5.74) is 1.73. The van der Waals surface area contributed by atoms with Crippen molar-refractivity contribution < 1.29 is 9.63 Å². The predicted octanol–water partition coefficient (Wildman–Crippen LogP) is 0.0597. The summed E-state index contributed by atoms with van der Waals surface area (Å²) in [7, 11) is 2.90. The Morgan fingerprint density at radius 2 is 2.00 bits per heavy atom. The molecule has 19 heavy (non-hydrogen) atoms. The van der Waals surface area contributed by atoms with E-state index in [1.807, 2.05) is 20.8 Å². The second-order valence-corrected chi connectivity index (χ2v) is 5.04. The molecular formula is C11H19N5O3. The second-order valence-electron chi connectivity index (χ2n) is 5.04. The van der Waals surface area contributed by atoms with Crippen molar-refractivity contribution in [3.63, 3.8) is 0 Å². The molecule has 0 fully saturated rings. The van der Waals surface area contributed by atoms with Crippen LogP contribution < -0.4 is 16.5 Å². The zero-order valence-electron chi connectivity index (χ0n) is 11.8. The van der Waals surface area contributed by atoms with Gasteiger partial charge in [0.15, 0.2) is 5.82 Å². The third-order valence-corrected chi connectivity index (χ3v) is 2.15. The summed E-state index contributed by atoms with van der Waals surface area (Å²) in [6, 6.07) is -0.593. The Morgan fingerprint density at radius 3 is 2.47 bits per heavy atom. The van der Waals surface area contributed by atoms with E-state index in [2.05, 4.69) is 27.3 Å². The Morgan fingerprint density at radius 1 is 1.42 bits per heavy atom. The predicted molar refractivity (Wildman–Crippen MR) is 70.3 cm³/mol. The van der Waals surface area contributed by atoms with Crippen LogP contribution in [0.3, 0.4) is 0 Å². The van der Waals surface area contributed by atoms with Crippen LogP contribution in [0.1, 0.15) is 26.6 Å². The smallest absolute Gasteiger partial charge is 0.331 e. The zero-order chi connectivity index (χ0) is 14.8. The third-order valence-electron chi connectivity index (χ3n) is 2.15. The number of hydrogen-bond donors (Lipinski definition) is 2. The van der Waals surface area contributed by atoms with Gasteiger partial charge in [0.1, 0.15) is 0 Å². The van der Waals surface area contributed by atoms with Gasteiger partial charge in [0, 0.05) is 12.6 Å². The maximum Gasteiger partial charge on any atom is 0.354 e. The van der Waals surface area contributed by atoms with Crippen LogP contribution in [0.5, 0.6) is 0 Å². The number of aromatic nitrogens is 3. The standard InChI is InChI=1S/C11H19N5O3/c1-7(14-19-6)8-13-16(10(18)15(8)5)9(17)12-11(2,3)4/h14H,1H2,2-6H3,(H,12,17). The number of nitrogens with zero attached hydrogens (tertiary/aromatic N) is 3. The largest absolute Gasteiger partial charge is 0.354 e. The first kappa shape index (κ1) is 15.0. The van der Waals surface area contributed by atoms with E-state index in [1.165, 1.54) is 18.7 Å². The highest BCUT2D eigenvalue weighted by Gasteiger charge is 2.21. The molecule has 1 rings (SSSR count). The second kappa shape index (κ2) is 5.27. The fraction of sp³-hybridized carbons (Fsp3) is 0.545. The molecule has 1 heterocycles. The molecule has 0 radical (unpaired) electrons. The molecule has 2 N–H and O–H groups in total. The summed E-state index contributed by atoms with van der Waals surface area (Å²) in [4.78, 5) is 28.5. The van der Waals surface area contributed by atoms with E-state index >= 15 is 0 Å². The van der Waals surface area contributed by atoms with Crippen molar-refractivity contribution in [2.75, 3.05) is 7.11 Å². The number of carbonyl (C=O) groups is 1. The molecule has 8 nitrogen and oxygen atoms in total. The van der Waals surface area contributed by atoms with E-state index < -0.39 is 17.3 Å². The Labute approximate surface area is 111 Å². The summed E-state index contributed by atoms with van der Waals surface area (Å²) in [6.07, 6.45) is 0. The topological polar surface area (TPSA) is 90.2 Å². The number of carbonyl (C=O) groups excluding carboxylic acids is 1. The first-order chi connectivity index (χ1) is 8.67. The molecule has 1 aromatic rings. The maximum atomic E-state index is 11.9. The van der Waals surface area contributed by atoms with Gasteiger partial charge >= 0.3 is 11.7 Å². The normalized spacial score (nSPS) is 11.2. The Balaban J connectivity index is 3.12. The summed E-state index contributed by atoms with van der Waals surface area (Å²) in [6.45, 7) is 9.09. The van der Waals surface area contributed by atoms with Crippen LogP contribution in [0.4, 0.5) is 4.79 Å². The first-order valence-electron chi connectivity index (χ1n) is 5.64. The highest BCUT2D eigenvalue weighted by molar-refractivity contribution is 5.76. The first-order valence-corrected chi connectivity index (χ1v) is 5.64. The van der Waals surface area contributed by atoms with Crippen molar-refractivity contribution in [2.24, 2.45) is 7.05 Å². The number of hydroxylamine groups is 1. The molecule has 0 saturated heterocycles. The van der Waals surface area contributed by atoms with E-state index in [1.54, 1.807) is 0 Å². The van der Waals surface area contributed by atoms with Gasteiger partial charge in [0.05, 0.1) is 12.8 Å². The highest BCUT2D eigenvalue weighted by Crippen LogP contribution is 2.03. The van der Waals surface area contributed by atoms with Crippen LogP contribution in [-0.2, 0) is 11.9 Å². The fourth-order valence-electron chi connectivity index (χ4n) is 1.37. The Bertz CT molecular complexity index is 550. The van der Waals surface area contributed by atoms with E-state index in [0.29, 0.717) is 0 Å². The van der Waals surface area contributed by atoms with E-state index in [-0.39, 0.29) is 11.5 Å². The molecule has 0 bridgehead atoms. The fourth-order valence-corrected chi connectivity index (χ4v) is 1.37.